The van der Waals surface area contributed by atoms with Crippen LogP contribution in [-0.2, 0) is 20.7 Å². The number of ether oxygens (including phenoxy) is 1. The molecule has 0 radical (unpaired) electrons. The smallest absolute Gasteiger partial charge is 0.309 e. The molecule has 0 fully saturated rings. The van der Waals surface area contributed by atoms with Crippen molar-refractivity contribution in [2.45, 2.75) is 25.0 Å². The molecule has 7 nitrogen and oxygen atoms in total. The molecule has 1 aromatic heterocycles. The van der Waals surface area contributed by atoms with Crippen LogP contribution in [0.25, 0.3) is 0 Å². The topological polar surface area (TPSA) is 117 Å². The molecule has 0 spiro atoms. The zero-order chi connectivity index (χ0) is 14.4. The van der Waals surface area contributed by atoms with Crippen molar-refractivity contribution in [1.82, 2.24) is 4.98 Å². The Balaban J connectivity index is 2.69. The second-order valence-corrected chi connectivity index (χ2v) is 3.95. The lowest BCUT2D eigenvalue weighted by atomic mass is 10.0. The van der Waals surface area contributed by atoms with Crippen molar-refractivity contribution >= 4 is 11.9 Å². The Morgan fingerprint density at radius 2 is 2.05 bits per heavy atom. The third-order valence-corrected chi connectivity index (χ3v) is 2.49. The number of carbonyl (C=O) groups is 2. The number of aliphatic hydroxyl groups excluding tert-OH is 2. The van der Waals surface area contributed by atoms with Crippen LogP contribution in [0.1, 0.15) is 23.8 Å². The van der Waals surface area contributed by atoms with Gasteiger partial charge in [-0.15, -0.1) is 0 Å². The monoisotopic (exact) mass is 269 g/mol. The zero-order valence-electron chi connectivity index (χ0n) is 10.3. The Kier molecular flexibility index (Phi) is 5.40. The van der Waals surface area contributed by atoms with Gasteiger partial charge in [-0.25, -0.2) is 0 Å². The fourth-order valence-corrected chi connectivity index (χ4v) is 1.46. The molecular weight excluding hydrogens is 254 g/mol. The Bertz CT molecular complexity index is 444. The van der Waals surface area contributed by atoms with Gasteiger partial charge in [-0.2, -0.15) is 0 Å². The lowest BCUT2D eigenvalue weighted by Crippen LogP contribution is -2.22. The predicted octanol–water partition coefficient (Wildman–Crippen LogP) is -0.334. The highest BCUT2D eigenvalue weighted by Crippen LogP contribution is 2.18. The van der Waals surface area contributed by atoms with Crippen molar-refractivity contribution in [2.24, 2.45) is 0 Å². The molecule has 19 heavy (non-hydrogen) atoms. The van der Waals surface area contributed by atoms with E-state index in [1.54, 1.807) is 0 Å². The van der Waals surface area contributed by atoms with Crippen molar-refractivity contribution in [1.29, 1.82) is 0 Å². The number of aliphatic hydroxyl groups is 2. The number of methoxy groups -OCH3 is 1. The minimum Gasteiger partial charge on any atom is -0.481 e. The first-order valence-corrected chi connectivity index (χ1v) is 5.53. The zero-order valence-corrected chi connectivity index (χ0v) is 10.3. The van der Waals surface area contributed by atoms with E-state index in [1.165, 1.54) is 25.4 Å². The van der Waals surface area contributed by atoms with Crippen LogP contribution < -0.4 is 0 Å². The van der Waals surface area contributed by atoms with Crippen LogP contribution >= 0.6 is 0 Å². The first-order valence-electron chi connectivity index (χ1n) is 5.53. The summed E-state index contributed by atoms with van der Waals surface area (Å²) in [7, 11) is 1.18. The van der Waals surface area contributed by atoms with E-state index in [0.717, 1.165) is 0 Å². The summed E-state index contributed by atoms with van der Waals surface area (Å²) in [4.78, 5) is 25.3. The normalized spacial score (nSPS) is 13.6. The molecule has 0 saturated carbocycles. The molecule has 0 bridgehead atoms. The first-order chi connectivity index (χ1) is 8.93. The number of hydrogen-bond acceptors (Lipinski definition) is 6. The molecule has 0 aliphatic heterocycles. The maximum Gasteiger partial charge on any atom is 0.309 e. The number of pyridine rings is 1. The van der Waals surface area contributed by atoms with Crippen molar-refractivity contribution in [3.05, 3.63) is 29.6 Å². The van der Waals surface area contributed by atoms with E-state index in [9.17, 15) is 19.8 Å². The summed E-state index contributed by atoms with van der Waals surface area (Å²) in [6, 6.07) is 2.90. The van der Waals surface area contributed by atoms with Crippen LogP contribution in [0.15, 0.2) is 18.3 Å². The van der Waals surface area contributed by atoms with Gasteiger partial charge in [0, 0.05) is 11.8 Å². The van der Waals surface area contributed by atoms with E-state index < -0.39 is 24.1 Å². The Morgan fingerprint density at radius 1 is 1.37 bits per heavy atom. The number of hydrogen-bond donors (Lipinski definition) is 3. The maximum absolute atomic E-state index is 11.0. The summed E-state index contributed by atoms with van der Waals surface area (Å²) in [6.45, 7) is 0. The minimum absolute atomic E-state index is 0.221. The van der Waals surface area contributed by atoms with Gasteiger partial charge in [0.25, 0.3) is 0 Å². The molecule has 0 aliphatic carbocycles. The standard InChI is InChI=1S/C12H15NO6/c1-19-11(17)5-9(14)12(18)7-2-3-8(13-6-7)4-10(15)16/h2-3,6,9,12,14,18H,4-5H2,1H3,(H,15,16). The van der Waals surface area contributed by atoms with Crippen LogP contribution in [0.2, 0.25) is 0 Å². The third-order valence-electron chi connectivity index (χ3n) is 2.49. The second kappa shape index (κ2) is 6.81. The number of rotatable bonds is 6. The molecule has 0 saturated heterocycles. The van der Waals surface area contributed by atoms with Crippen molar-refractivity contribution in [3.63, 3.8) is 0 Å². The molecule has 2 atom stereocenters. The van der Waals surface area contributed by atoms with Gasteiger partial charge in [-0.05, 0) is 6.07 Å². The fourth-order valence-electron chi connectivity index (χ4n) is 1.46. The number of nitrogens with zero attached hydrogens (tertiary/aromatic N) is 1. The lowest BCUT2D eigenvalue weighted by Gasteiger charge is -2.16. The Hall–Kier alpha value is -1.99. The van der Waals surface area contributed by atoms with Gasteiger partial charge in [0.15, 0.2) is 0 Å². The highest BCUT2D eigenvalue weighted by atomic mass is 16.5. The minimum atomic E-state index is -1.31. The van der Waals surface area contributed by atoms with E-state index >= 15 is 0 Å². The first kappa shape index (κ1) is 15.1. The number of esters is 1. The third kappa shape index (κ3) is 4.65. The highest BCUT2D eigenvalue weighted by Gasteiger charge is 2.22. The van der Waals surface area contributed by atoms with E-state index in [-0.39, 0.29) is 12.8 Å². The van der Waals surface area contributed by atoms with Gasteiger partial charge in [0.1, 0.15) is 6.10 Å². The molecule has 1 aromatic rings. The molecule has 104 valence electrons. The molecule has 0 amide bonds. The summed E-state index contributed by atoms with van der Waals surface area (Å²) in [5, 5.41) is 28.0. The summed E-state index contributed by atoms with van der Waals surface area (Å²) in [5.41, 5.74) is 0.636. The number of aliphatic carboxylic acids is 1. The van der Waals surface area contributed by atoms with Crippen molar-refractivity contribution in [2.75, 3.05) is 7.11 Å². The van der Waals surface area contributed by atoms with Crippen LogP contribution in [0.5, 0.6) is 0 Å². The second-order valence-electron chi connectivity index (χ2n) is 3.95. The molecule has 7 heteroatoms. The summed E-state index contributed by atoms with van der Waals surface area (Å²) in [5.74, 6) is -1.64. The van der Waals surface area contributed by atoms with E-state index in [2.05, 4.69) is 9.72 Å². The van der Waals surface area contributed by atoms with Crippen LogP contribution in [-0.4, -0.2) is 45.5 Å². The van der Waals surface area contributed by atoms with Crippen molar-refractivity contribution < 1.29 is 29.6 Å². The summed E-state index contributed by atoms with van der Waals surface area (Å²) in [6.07, 6.45) is -1.89. The molecule has 3 N–H and O–H groups in total. The summed E-state index contributed by atoms with van der Waals surface area (Å²) >= 11 is 0. The van der Waals surface area contributed by atoms with E-state index in [4.69, 9.17) is 5.11 Å². The number of carboxylic acids is 1. The summed E-state index contributed by atoms with van der Waals surface area (Å²) < 4.78 is 4.38. The van der Waals surface area contributed by atoms with Gasteiger partial charge < -0.3 is 20.1 Å². The molecule has 1 heterocycles. The number of aromatic nitrogens is 1. The Morgan fingerprint density at radius 3 is 2.53 bits per heavy atom. The lowest BCUT2D eigenvalue weighted by molar-refractivity contribution is -0.144. The SMILES string of the molecule is COC(=O)CC(O)C(O)c1ccc(CC(=O)O)nc1. The van der Waals surface area contributed by atoms with Gasteiger partial charge in [0.05, 0.1) is 31.7 Å². The van der Waals surface area contributed by atoms with Crippen LogP contribution in [0, 0.1) is 0 Å². The molecule has 1 rings (SSSR count). The average molecular weight is 269 g/mol. The molecule has 0 aliphatic rings. The van der Waals surface area contributed by atoms with E-state index in [1.807, 2.05) is 0 Å². The van der Waals surface area contributed by atoms with Gasteiger partial charge in [-0.1, -0.05) is 6.07 Å². The van der Waals surface area contributed by atoms with Crippen molar-refractivity contribution in [3.8, 4) is 0 Å². The molecule has 0 aromatic carbocycles. The average Bonchev–Trinajstić information content (AvgIpc) is 2.37. The highest BCUT2D eigenvalue weighted by molar-refractivity contribution is 5.70. The van der Waals surface area contributed by atoms with Gasteiger partial charge in [0.2, 0.25) is 0 Å². The molecular formula is C12H15NO6. The largest absolute Gasteiger partial charge is 0.481 e. The quantitative estimate of drug-likeness (QED) is 0.605. The fraction of sp³-hybridized carbons (Fsp3) is 0.417. The number of carboxylic acid groups (broad SMARTS) is 1. The van der Waals surface area contributed by atoms with E-state index in [0.29, 0.717) is 11.3 Å². The van der Waals surface area contributed by atoms with Gasteiger partial charge in [-0.3, -0.25) is 14.6 Å². The predicted molar refractivity (Wildman–Crippen MR) is 63.2 cm³/mol. The Labute approximate surface area is 109 Å². The maximum atomic E-state index is 11.0. The number of carbonyl (C=O) groups excluding carboxylic acids is 1. The molecule has 2 unspecified atom stereocenters. The van der Waals surface area contributed by atoms with Crippen LogP contribution in [0.3, 0.4) is 0 Å². The van der Waals surface area contributed by atoms with Gasteiger partial charge >= 0.3 is 11.9 Å². The van der Waals surface area contributed by atoms with Crippen LogP contribution in [0.4, 0.5) is 0 Å².